The Bertz CT molecular complexity index is 898. The molecule has 1 fully saturated rings. The van der Waals surface area contributed by atoms with Gasteiger partial charge in [-0.05, 0) is 87.0 Å². The van der Waals surface area contributed by atoms with Gasteiger partial charge >= 0.3 is 0 Å². The summed E-state index contributed by atoms with van der Waals surface area (Å²) in [7, 11) is 1.72. The van der Waals surface area contributed by atoms with Crippen molar-refractivity contribution < 1.29 is 9.53 Å². The Morgan fingerprint density at radius 1 is 1.10 bits per heavy atom. The highest BCUT2D eigenvalue weighted by Gasteiger charge is 2.26. The zero-order valence-corrected chi connectivity index (χ0v) is 20.0. The first-order valence-electron chi connectivity index (χ1n) is 11.5. The molecule has 0 aliphatic carbocycles. The zero-order valence-electron chi connectivity index (χ0n) is 20.0. The van der Waals surface area contributed by atoms with Crippen molar-refractivity contribution in [2.24, 2.45) is 5.92 Å². The van der Waals surface area contributed by atoms with Crippen molar-refractivity contribution in [1.29, 1.82) is 0 Å². The predicted molar refractivity (Wildman–Crippen MR) is 128 cm³/mol. The quantitative estimate of drug-likeness (QED) is 0.638. The van der Waals surface area contributed by atoms with Crippen LogP contribution in [0.1, 0.15) is 73.4 Å². The van der Waals surface area contributed by atoms with Crippen LogP contribution in [0.2, 0.25) is 0 Å². The van der Waals surface area contributed by atoms with Gasteiger partial charge in [0.2, 0.25) is 5.91 Å². The molecule has 4 heteroatoms. The summed E-state index contributed by atoms with van der Waals surface area (Å²) in [4.78, 5) is 15.5. The fourth-order valence-electron chi connectivity index (χ4n) is 4.64. The summed E-state index contributed by atoms with van der Waals surface area (Å²) in [5, 5.41) is 3.28. The fourth-order valence-corrected chi connectivity index (χ4v) is 4.64. The lowest BCUT2D eigenvalue weighted by atomic mass is 9.92. The highest BCUT2D eigenvalue weighted by atomic mass is 16.5. The molecule has 1 saturated heterocycles. The first-order chi connectivity index (χ1) is 14.8. The number of amides is 1. The van der Waals surface area contributed by atoms with Gasteiger partial charge in [0, 0.05) is 12.5 Å². The highest BCUT2D eigenvalue weighted by Crippen LogP contribution is 2.32. The molecule has 0 unspecified atom stereocenters. The maximum Gasteiger partial charge on any atom is 0.223 e. The van der Waals surface area contributed by atoms with Crippen LogP contribution < -0.4 is 10.1 Å². The minimum absolute atomic E-state index is 0.0128. The third-order valence-corrected chi connectivity index (χ3v) is 6.51. The van der Waals surface area contributed by atoms with Crippen molar-refractivity contribution in [3.05, 3.63) is 64.2 Å². The summed E-state index contributed by atoms with van der Waals surface area (Å²) in [6.45, 7) is 13.6. The molecule has 1 heterocycles. The van der Waals surface area contributed by atoms with Crippen molar-refractivity contribution in [2.45, 2.75) is 66.0 Å². The average molecular weight is 423 g/mol. The number of methoxy groups -OCH3 is 1. The van der Waals surface area contributed by atoms with Gasteiger partial charge in [-0.3, -0.25) is 9.69 Å². The topological polar surface area (TPSA) is 41.6 Å². The van der Waals surface area contributed by atoms with Crippen LogP contribution in [-0.4, -0.2) is 31.0 Å². The molecule has 31 heavy (non-hydrogen) atoms. The van der Waals surface area contributed by atoms with Crippen LogP contribution >= 0.6 is 0 Å². The molecule has 0 saturated carbocycles. The van der Waals surface area contributed by atoms with Crippen LogP contribution in [0, 0.1) is 19.8 Å². The molecule has 1 N–H and O–H groups in total. The van der Waals surface area contributed by atoms with Crippen molar-refractivity contribution >= 4 is 5.91 Å². The van der Waals surface area contributed by atoms with E-state index in [1.54, 1.807) is 7.11 Å². The molecule has 0 radical (unpaired) electrons. The van der Waals surface area contributed by atoms with Crippen molar-refractivity contribution in [3.8, 4) is 5.75 Å². The van der Waals surface area contributed by atoms with E-state index in [1.807, 2.05) is 0 Å². The molecular formula is C27H38N2O2. The number of benzene rings is 2. The molecule has 0 aromatic heterocycles. The van der Waals surface area contributed by atoms with Gasteiger partial charge in [-0.15, -0.1) is 0 Å². The van der Waals surface area contributed by atoms with Gasteiger partial charge in [-0.25, -0.2) is 0 Å². The largest absolute Gasteiger partial charge is 0.496 e. The summed E-state index contributed by atoms with van der Waals surface area (Å²) in [6.07, 6.45) is 1.84. The van der Waals surface area contributed by atoms with Crippen LogP contribution in [0.25, 0.3) is 0 Å². The smallest absolute Gasteiger partial charge is 0.223 e. The lowest BCUT2D eigenvalue weighted by Crippen LogP contribution is -2.41. The minimum atomic E-state index is -0.0128. The lowest BCUT2D eigenvalue weighted by molar-refractivity contribution is -0.127. The number of carbonyl (C=O) groups excluding carboxylic acids is 1. The maximum atomic E-state index is 13.0. The molecule has 1 amide bonds. The summed E-state index contributed by atoms with van der Waals surface area (Å²) in [6, 6.07) is 13.0. The summed E-state index contributed by atoms with van der Waals surface area (Å²) < 4.78 is 5.57. The Morgan fingerprint density at radius 3 is 2.42 bits per heavy atom. The van der Waals surface area contributed by atoms with Crippen LogP contribution in [0.15, 0.2) is 36.4 Å². The van der Waals surface area contributed by atoms with E-state index in [0.717, 1.165) is 43.8 Å². The molecule has 0 spiro atoms. The summed E-state index contributed by atoms with van der Waals surface area (Å²) in [5.74, 6) is 1.58. The number of piperidine rings is 1. The maximum absolute atomic E-state index is 13.0. The van der Waals surface area contributed by atoms with Crippen LogP contribution in [0.5, 0.6) is 5.75 Å². The van der Waals surface area contributed by atoms with E-state index < -0.39 is 0 Å². The first kappa shape index (κ1) is 23.3. The van der Waals surface area contributed by atoms with Crippen LogP contribution in [0.4, 0.5) is 0 Å². The summed E-state index contributed by atoms with van der Waals surface area (Å²) in [5.41, 5.74) is 6.17. The number of ether oxygens (including phenoxy) is 1. The minimum Gasteiger partial charge on any atom is -0.496 e. The van der Waals surface area contributed by atoms with Gasteiger partial charge < -0.3 is 10.1 Å². The molecule has 1 aliphatic heterocycles. The van der Waals surface area contributed by atoms with Crippen molar-refractivity contribution in [2.75, 3.05) is 20.2 Å². The lowest BCUT2D eigenvalue weighted by Gasteiger charge is -2.32. The third kappa shape index (κ3) is 5.88. The van der Waals surface area contributed by atoms with E-state index in [4.69, 9.17) is 4.74 Å². The van der Waals surface area contributed by atoms with E-state index >= 15 is 0 Å². The molecule has 0 bridgehead atoms. The second kappa shape index (κ2) is 10.3. The first-order valence-corrected chi connectivity index (χ1v) is 11.5. The third-order valence-electron chi connectivity index (χ3n) is 6.51. The number of likely N-dealkylation sites (tertiary alicyclic amines) is 1. The van der Waals surface area contributed by atoms with Gasteiger partial charge in [0.15, 0.2) is 0 Å². The van der Waals surface area contributed by atoms with Gasteiger partial charge in [0.1, 0.15) is 5.75 Å². The average Bonchev–Trinajstić information content (AvgIpc) is 2.73. The number of aryl methyl sites for hydroxylation is 2. The van der Waals surface area contributed by atoms with E-state index in [2.05, 4.69) is 81.2 Å². The second-order valence-electron chi connectivity index (χ2n) is 9.38. The zero-order chi connectivity index (χ0) is 22.5. The molecule has 1 atom stereocenters. The number of hydrogen-bond acceptors (Lipinski definition) is 3. The standard InChI is InChI=1S/C27H38N2O2/c1-18(2)24-16-25(20(4)15-26(24)31-6)21(5)28-27(30)23-10-12-29(13-11-23)17-22-9-7-8-19(3)14-22/h7-9,14-16,18,21,23H,10-13,17H2,1-6H3,(H,28,30)/t21-/m1/s1. The molecule has 1 aliphatic rings. The highest BCUT2D eigenvalue weighted by molar-refractivity contribution is 5.79. The van der Waals surface area contributed by atoms with E-state index in [1.165, 1.54) is 22.3 Å². The molecule has 2 aromatic rings. The SMILES string of the molecule is COc1cc(C)c([C@@H](C)NC(=O)C2CCN(Cc3cccc(C)c3)CC2)cc1C(C)C. The molecule has 4 nitrogen and oxygen atoms in total. The van der Waals surface area contributed by atoms with E-state index in [0.29, 0.717) is 5.92 Å². The summed E-state index contributed by atoms with van der Waals surface area (Å²) >= 11 is 0. The second-order valence-corrected chi connectivity index (χ2v) is 9.38. The number of carbonyl (C=O) groups is 1. The number of rotatable bonds is 7. The Kier molecular flexibility index (Phi) is 7.77. The van der Waals surface area contributed by atoms with E-state index in [-0.39, 0.29) is 17.9 Å². The number of nitrogens with one attached hydrogen (secondary N) is 1. The van der Waals surface area contributed by atoms with Gasteiger partial charge in [0.05, 0.1) is 13.2 Å². The van der Waals surface area contributed by atoms with Crippen LogP contribution in [0.3, 0.4) is 0 Å². The Morgan fingerprint density at radius 2 is 1.81 bits per heavy atom. The molecule has 168 valence electrons. The number of nitrogens with zero attached hydrogens (tertiary/aromatic N) is 1. The molecule has 3 rings (SSSR count). The Balaban J connectivity index is 1.58. The van der Waals surface area contributed by atoms with Gasteiger partial charge in [-0.2, -0.15) is 0 Å². The van der Waals surface area contributed by atoms with Gasteiger partial charge in [0.25, 0.3) is 0 Å². The predicted octanol–water partition coefficient (Wildman–Crippen LogP) is 5.52. The fraction of sp³-hybridized carbons (Fsp3) is 0.519. The van der Waals surface area contributed by atoms with Crippen molar-refractivity contribution in [1.82, 2.24) is 10.2 Å². The number of hydrogen-bond donors (Lipinski definition) is 1. The molecule has 2 aromatic carbocycles. The van der Waals surface area contributed by atoms with Crippen molar-refractivity contribution in [3.63, 3.8) is 0 Å². The Hall–Kier alpha value is -2.33. The van der Waals surface area contributed by atoms with Crippen LogP contribution in [-0.2, 0) is 11.3 Å². The van der Waals surface area contributed by atoms with Gasteiger partial charge in [-0.1, -0.05) is 43.7 Å². The Labute approximate surface area is 188 Å². The molecular weight excluding hydrogens is 384 g/mol. The normalized spacial score (nSPS) is 16.4. The monoisotopic (exact) mass is 422 g/mol. The van der Waals surface area contributed by atoms with E-state index in [9.17, 15) is 4.79 Å².